The molecular formula is C24H29N3O3S. The second-order valence-electron chi connectivity index (χ2n) is 8.39. The Labute approximate surface area is 186 Å². The van der Waals surface area contributed by atoms with E-state index in [9.17, 15) is 9.59 Å². The van der Waals surface area contributed by atoms with E-state index >= 15 is 0 Å². The highest BCUT2D eigenvalue weighted by Gasteiger charge is 2.32. The number of thiazole rings is 1. The molecule has 1 aliphatic carbocycles. The third-order valence-electron chi connectivity index (χ3n) is 6.17. The van der Waals surface area contributed by atoms with Crippen LogP contribution in [-0.2, 0) is 16.6 Å². The molecule has 2 N–H and O–H groups in total. The van der Waals surface area contributed by atoms with Gasteiger partial charge in [-0.3, -0.25) is 9.59 Å². The Morgan fingerprint density at radius 1 is 1.23 bits per heavy atom. The molecule has 0 saturated heterocycles. The van der Waals surface area contributed by atoms with Crippen LogP contribution in [0.1, 0.15) is 55.3 Å². The van der Waals surface area contributed by atoms with E-state index in [1.165, 1.54) is 11.3 Å². The summed E-state index contributed by atoms with van der Waals surface area (Å²) in [5.41, 5.74) is 8.77. The van der Waals surface area contributed by atoms with Gasteiger partial charge in [-0.2, -0.15) is 0 Å². The van der Waals surface area contributed by atoms with Crippen molar-refractivity contribution in [3.8, 4) is 10.4 Å². The molecule has 0 radical (unpaired) electrons. The van der Waals surface area contributed by atoms with Gasteiger partial charge in [0.1, 0.15) is 0 Å². The Morgan fingerprint density at radius 2 is 1.97 bits per heavy atom. The number of anilines is 1. The monoisotopic (exact) mass is 439 g/mol. The molecule has 0 bridgehead atoms. The number of hydrogen-bond donors (Lipinski definition) is 1. The number of nitrogens with two attached hydrogens (primary N) is 1. The van der Waals surface area contributed by atoms with Crippen LogP contribution in [0.2, 0.25) is 0 Å². The van der Waals surface area contributed by atoms with Crippen molar-refractivity contribution in [2.24, 2.45) is 18.9 Å². The van der Waals surface area contributed by atoms with Crippen molar-refractivity contribution >= 4 is 39.7 Å². The second kappa shape index (κ2) is 9.22. The number of rotatable bonds is 7. The van der Waals surface area contributed by atoms with Crippen LogP contribution in [0.25, 0.3) is 21.3 Å². The van der Waals surface area contributed by atoms with E-state index in [4.69, 9.17) is 10.5 Å². The van der Waals surface area contributed by atoms with Crippen molar-refractivity contribution < 1.29 is 14.3 Å². The van der Waals surface area contributed by atoms with Crippen molar-refractivity contribution in [2.45, 2.75) is 45.4 Å². The molecule has 31 heavy (non-hydrogen) atoms. The number of nitrogens with zero attached hydrogens (tertiary/aromatic N) is 2. The second-order valence-corrected chi connectivity index (χ2v) is 9.42. The number of aryl methyl sites for hydroxylation is 1. The van der Waals surface area contributed by atoms with Crippen molar-refractivity contribution in [3.05, 3.63) is 35.6 Å². The maximum atomic E-state index is 13.1. The van der Waals surface area contributed by atoms with Crippen LogP contribution in [0.5, 0.6) is 0 Å². The molecule has 0 spiro atoms. The number of aromatic nitrogens is 2. The topological polar surface area (TPSA) is 87.2 Å². The SMILES string of the molecule is CCCCOC(=O)C1CCC(C(=O)c2ncc(-c3cn(C)c4cc(N)ccc34)s2)CC1. The number of unbranched alkanes of at least 4 members (excludes halogenated alkanes) is 1. The molecule has 1 saturated carbocycles. The number of ketones is 1. The maximum Gasteiger partial charge on any atom is 0.308 e. The predicted octanol–water partition coefficient (Wildman–Crippen LogP) is 5.22. The van der Waals surface area contributed by atoms with Gasteiger partial charge in [0.15, 0.2) is 10.8 Å². The normalized spacial score (nSPS) is 18.9. The van der Waals surface area contributed by atoms with Crippen LogP contribution in [0, 0.1) is 11.8 Å². The van der Waals surface area contributed by atoms with E-state index in [2.05, 4.69) is 18.1 Å². The molecule has 6 nitrogen and oxygen atoms in total. The number of Topliss-reactive ketones (excluding diaryl/α,β-unsaturated/α-hetero) is 1. The molecule has 1 aromatic carbocycles. The van der Waals surface area contributed by atoms with Crippen LogP contribution in [0.15, 0.2) is 30.6 Å². The Hall–Kier alpha value is -2.67. The summed E-state index contributed by atoms with van der Waals surface area (Å²) >= 11 is 1.44. The number of ether oxygens (including phenoxy) is 1. The lowest BCUT2D eigenvalue weighted by Crippen LogP contribution is -2.27. The molecule has 0 atom stereocenters. The quantitative estimate of drug-likeness (QED) is 0.236. The van der Waals surface area contributed by atoms with Gasteiger partial charge in [0.05, 0.1) is 22.9 Å². The molecule has 0 amide bonds. The zero-order valence-electron chi connectivity index (χ0n) is 18.1. The van der Waals surface area contributed by atoms with Crippen molar-refractivity contribution in [2.75, 3.05) is 12.3 Å². The average Bonchev–Trinajstić information content (AvgIpc) is 3.38. The number of fused-ring (bicyclic) bond motifs is 1. The summed E-state index contributed by atoms with van der Waals surface area (Å²) in [7, 11) is 1.99. The van der Waals surface area contributed by atoms with Gasteiger partial charge in [0.25, 0.3) is 0 Å². The minimum absolute atomic E-state index is 0.0639. The highest BCUT2D eigenvalue weighted by Crippen LogP contribution is 2.37. The smallest absolute Gasteiger partial charge is 0.308 e. The Kier molecular flexibility index (Phi) is 6.41. The first-order valence-electron chi connectivity index (χ1n) is 11.0. The van der Waals surface area contributed by atoms with Gasteiger partial charge in [0.2, 0.25) is 0 Å². The third-order valence-corrected chi connectivity index (χ3v) is 7.22. The van der Waals surface area contributed by atoms with Gasteiger partial charge >= 0.3 is 5.97 Å². The first kappa shape index (κ1) is 21.6. The summed E-state index contributed by atoms with van der Waals surface area (Å²) in [5.74, 6) is -0.145. The number of hydrogen-bond acceptors (Lipinski definition) is 6. The number of carbonyl (C=O) groups is 2. The van der Waals surface area contributed by atoms with Gasteiger partial charge in [-0.15, -0.1) is 11.3 Å². The zero-order chi connectivity index (χ0) is 22.0. The molecule has 2 aromatic heterocycles. The van der Waals surface area contributed by atoms with E-state index in [-0.39, 0.29) is 23.6 Å². The zero-order valence-corrected chi connectivity index (χ0v) is 18.9. The third kappa shape index (κ3) is 4.51. The van der Waals surface area contributed by atoms with Gasteiger partial charge in [-0.1, -0.05) is 19.4 Å². The van der Waals surface area contributed by atoms with Crippen LogP contribution < -0.4 is 5.73 Å². The van der Waals surface area contributed by atoms with Crippen LogP contribution in [-0.4, -0.2) is 27.9 Å². The fraction of sp³-hybridized carbons (Fsp3) is 0.458. The first-order chi connectivity index (χ1) is 15.0. The van der Waals surface area contributed by atoms with Crippen molar-refractivity contribution in [3.63, 3.8) is 0 Å². The summed E-state index contributed by atoms with van der Waals surface area (Å²) in [6, 6.07) is 5.87. The summed E-state index contributed by atoms with van der Waals surface area (Å²) in [6.07, 6.45) is 8.62. The summed E-state index contributed by atoms with van der Waals surface area (Å²) in [6.45, 7) is 2.57. The lowest BCUT2D eigenvalue weighted by atomic mass is 9.80. The van der Waals surface area contributed by atoms with Crippen molar-refractivity contribution in [1.29, 1.82) is 0 Å². The molecular weight excluding hydrogens is 410 g/mol. The standard InChI is InChI=1S/C24H29N3O3S/c1-3-4-11-30-24(29)16-7-5-15(6-8-16)22(28)23-26-13-21(31-23)19-14-27(2)20-12-17(25)9-10-18(19)20/h9-10,12-16H,3-8,11,25H2,1-2H3. The number of esters is 1. The Morgan fingerprint density at radius 3 is 2.71 bits per heavy atom. The van der Waals surface area contributed by atoms with E-state index in [0.717, 1.165) is 52.7 Å². The molecule has 1 aliphatic rings. The molecule has 7 heteroatoms. The van der Waals surface area contributed by atoms with Crippen molar-refractivity contribution in [1.82, 2.24) is 9.55 Å². The van der Waals surface area contributed by atoms with E-state index < -0.39 is 0 Å². The van der Waals surface area contributed by atoms with E-state index in [1.807, 2.05) is 29.8 Å². The fourth-order valence-electron chi connectivity index (χ4n) is 4.31. The first-order valence-corrected chi connectivity index (χ1v) is 11.8. The number of benzene rings is 1. The predicted molar refractivity (Wildman–Crippen MR) is 124 cm³/mol. The minimum Gasteiger partial charge on any atom is -0.465 e. The van der Waals surface area contributed by atoms with Crippen LogP contribution >= 0.6 is 11.3 Å². The molecule has 4 rings (SSSR count). The van der Waals surface area contributed by atoms with E-state index in [1.54, 1.807) is 6.20 Å². The number of nitrogen functional groups attached to an aromatic ring is 1. The maximum absolute atomic E-state index is 13.1. The average molecular weight is 440 g/mol. The number of carbonyl (C=O) groups excluding carboxylic acids is 2. The molecule has 164 valence electrons. The molecule has 0 unspecified atom stereocenters. The fourth-order valence-corrected chi connectivity index (χ4v) is 5.27. The molecule has 2 heterocycles. The lowest BCUT2D eigenvalue weighted by Gasteiger charge is -2.25. The molecule has 3 aromatic rings. The highest BCUT2D eigenvalue weighted by atomic mass is 32.1. The van der Waals surface area contributed by atoms with Crippen LogP contribution in [0.4, 0.5) is 5.69 Å². The largest absolute Gasteiger partial charge is 0.465 e. The van der Waals surface area contributed by atoms with Crippen LogP contribution in [0.3, 0.4) is 0 Å². The summed E-state index contributed by atoms with van der Waals surface area (Å²) in [4.78, 5) is 30.7. The molecule has 0 aliphatic heterocycles. The minimum atomic E-state index is -0.104. The molecule has 1 fully saturated rings. The summed E-state index contributed by atoms with van der Waals surface area (Å²) < 4.78 is 7.40. The van der Waals surface area contributed by atoms with Gasteiger partial charge in [0, 0.05) is 42.0 Å². The summed E-state index contributed by atoms with van der Waals surface area (Å²) in [5, 5.41) is 1.65. The van der Waals surface area contributed by atoms with Gasteiger partial charge in [-0.05, 0) is 44.2 Å². The highest BCUT2D eigenvalue weighted by molar-refractivity contribution is 7.17. The lowest BCUT2D eigenvalue weighted by molar-refractivity contribution is -0.150. The van der Waals surface area contributed by atoms with E-state index in [0.29, 0.717) is 24.5 Å². The van der Waals surface area contributed by atoms with Gasteiger partial charge in [-0.25, -0.2) is 4.98 Å². The Bertz CT molecular complexity index is 1090. The Balaban J connectivity index is 1.42. The van der Waals surface area contributed by atoms with Gasteiger partial charge < -0.3 is 15.0 Å².